The van der Waals surface area contributed by atoms with Crippen LogP contribution in [0.15, 0.2) is 0 Å². The quantitative estimate of drug-likeness (QED) is 0.449. The van der Waals surface area contributed by atoms with Crippen molar-refractivity contribution in [1.82, 2.24) is 0 Å². The van der Waals surface area contributed by atoms with E-state index in [9.17, 15) is 0 Å². The van der Waals surface area contributed by atoms with Gasteiger partial charge in [0.25, 0.3) is 0 Å². The zero-order valence-corrected chi connectivity index (χ0v) is 7.38. The summed E-state index contributed by atoms with van der Waals surface area (Å²) in [5, 5.41) is 8.04. The fraction of sp³-hybridized carbons (Fsp3) is 1.00. The van der Waals surface area contributed by atoms with E-state index in [1.165, 1.54) is 0 Å². The van der Waals surface area contributed by atoms with Crippen molar-refractivity contribution in [2.45, 2.75) is 0 Å². The summed E-state index contributed by atoms with van der Waals surface area (Å²) in [6.45, 7) is 3.43. The molecule has 0 unspecified atom stereocenters. The van der Waals surface area contributed by atoms with Gasteiger partial charge in [-0.2, -0.15) is 39.3 Å². The molecular formula is C6H14CuN4-2. The maximum atomic E-state index is 6.76. The molecule has 0 aromatic rings. The van der Waals surface area contributed by atoms with E-state index in [1.54, 1.807) is 0 Å². The zero-order chi connectivity index (χ0) is 7.66. The molecule has 71 valence electrons. The topological polar surface area (TPSA) is 75.8 Å². The Kier molecular flexibility index (Phi) is 16.4. The molecule has 0 amide bonds. The summed E-state index contributed by atoms with van der Waals surface area (Å²) in [5.74, 6) is 0. The average Bonchev–Trinajstić information content (AvgIpc) is 1.97. The van der Waals surface area contributed by atoms with Crippen molar-refractivity contribution in [3.63, 3.8) is 0 Å². The molecule has 4 nitrogen and oxygen atoms in total. The fourth-order valence-electron chi connectivity index (χ4n) is 0.523. The molecule has 0 aromatic heterocycles. The third kappa shape index (κ3) is 13.4. The van der Waals surface area contributed by atoms with Crippen LogP contribution in [0.25, 0.3) is 22.1 Å². The van der Waals surface area contributed by atoms with E-state index >= 15 is 0 Å². The van der Waals surface area contributed by atoms with Crippen LogP contribution in [0.2, 0.25) is 0 Å². The Bertz CT molecular complexity index is 54.5. The van der Waals surface area contributed by atoms with Gasteiger partial charge in [-0.25, -0.2) is 0 Å². The average molecular weight is 206 g/mol. The first kappa shape index (κ1) is 13.9. The van der Waals surface area contributed by atoms with Gasteiger partial charge < -0.3 is 22.1 Å². The first-order valence-corrected chi connectivity index (χ1v) is 3.47. The summed E-state index contributed by atoms with van der Waals surface area (Å²) in [5.41, 5.74) is 13.5. The second-order valence-electron chi connectivity index (χ2n) is 1.84. The van der Waals surface area contributed by atoms with Crippen LogP contribution in [0.4, 0.5) is 0 Å². The van der Waals surface area contributed by atoms with Crippen LogP contribution < -0.4 is 0 Å². The molecule has 0 aliphatic heterocycles. The minimum absolute atomic E-state index is 0. The smallest absolute Gasteiger partial charge is 0.679 e. The zero-order valence-electron chi connectivity index (χ0n) is 6.44. The Balaban J connectivity index is 0. The van der Waals surface area contributed by atoms with E-state index in [4.69, 9.17) is 11.5 Å². The number of rotatable bonds is 7. The van der Waals surface area contributed by atoms with E-state index in [0.29, 0.717) is 26.2 Å². The molecule has 0 fully saturated rings. The van der Waals surface area contributed by atoms with Crippen molar-refractivity contribution in [3.05, 3.63) is 22.1 Å². The summed E-state index contributed by atoms with van der Waals surface area (Å²) in [7, 11) is 0. The van der Waals surface area contributed by atoms with E-state index in [0.717, 1.165) is 13.1 Å². The number of nitrogens with zero attached hydrogens (tertiary/aromatic N) is 2. The standard InChI is InChI=1S/C6H14N4.Cu/c7-1-3-9-5-6-10-4-2-8;/h7-8H,1-6H2;/q-4;+2. The van der Waals surface area contributed by atoms with Crippen molar-refractivity contribution >= 4 is 0 Å². The third-order valence-corrected chi connectivity index (χ3v) is 0.956. The van der Waals surface area contributed by atoms with Gasteiger partial charge in [-0.1, -0.05) is 0 Å². The van der Waals surface area contributed by atoms with Gasteiger partial charge in [-0.05, 0) is 0 Å². The molecule has 0 aliphatic rings. The predicted molar refractivity (Wildman–Crippen MR) is 44.6 cm³/mol. The molecular weight excluding hydrogens is 192 g/mol. The monoisotopic (exact) mass is 205 g/mol. The molecule has 5 heteroatoms. The number of hydrogen-bond acceptors (Lipinski definition) is 0. The number of nitrogens with one attached hydrogen (secondary N) is 2. The van der Waals surface area contributed by atoms with Crippen LogP contribution in [0.1, 0.15) is 0 Å². The SMILES string of the molecule is [Cu+2].[NH-]CC[N-]CC[N-]CC[NH-]. The molecule has 0 spiro atoms. The molecule has 1 radical (unpaired) electrons. The molecule has 0 aliphatic carbocycles. The second-order valence-corrected chi connectivity index (χ2v) is 1.84. The molecule has 0 saturated heterocycles. The first-order valence-electron chi connectivity index (χ1n) is 3.47. The summed E-state index contributed by atoms with van der Waals surface area (Å²) in [4.78, 5) is 0. The van der Waals surface area contributed by atoms with Crippen LogP contribution >= 0.6 is 0 Å². The van der Waals surface area contributed by atoms with Crippen LogP contribution in [-0.4, -0.2) is 39.3 Å². The minimum atomic E-state index is 0. The Morgan fingerprint density at radius 3 is 1.36 bits per heavy atom. The maximum Gasteiger partial charge on any atom is 2.00 e. The van der Waals surface area contributed by atoms with Crippen LogP contribution in [0.5, 0.6) is 0 Å². The van der Waals surface area contributed by atoms with Crippen LogP contribution in [0, 0.1) is 0 Å². The molecule has 0 saturated carbocycles. The van der Waals surface area contributed by atoms with Crippen molar-refractivity contribution in [2.75, 3.05) is 39.3 Å². The fourth-order valence-corrected chi connectivity index (χ4v) is 0.523. The van der Waals surface area contributed by atoms with Gasteiger partial charge in [-0.15, -0.1) is 0 Å². The largest absolute Gasteiger partial charge is 2.00 e. The molecule has 11 heavy (non-hydrogen) atoms. The van der Waals surface area contributed by atoms with Gasteiger partial charge in [-0.3, -0.25) is 0 Å². The summed E-state index contributed by atoms with van der Waals surface area (Å²) >= 11 is 0. The normalized spacial score (nSPS) is 9.27. The van der Waals surface area contributed by atoms with E-state index in [1.807, 2.05) is 0 Å². The first-order chi connectivity index (χ1) is 4.91. The van der Waals surface area contributed by atoms with Gasteiger partial charge in [0.1, 0.15) is 0 Å². The molecule has 0 rings (SSSR count). The maximum absolute atomic E-state index is 6.76. The van der Waals surface area contributed by atoms with E-state index in [2.05, 4.69) is 10.6 Å². The summed E-state index contributed by atoms with van der Waals surface area (Å²) in [6.07, 6.45) is 0. The predicted octanol–water partition coefficient (Wildman–Crippen LogP) is 1.84. The summed E-state index contributed by atoms with van der Waals surface area (Å²) < 4.78 is 0. The molecule has 2 N–H and O–H groups in total. The van der Waals surface area contributed by atoms with Crippen molar-refractivity contribution in [3.8, 4) is 0 Å². The van der Waals surface area contributed by atoms with Crippen molar-refractivity contribution in [2.24, 2.45) is 0 Å². The number of hydrogen-bond donors (Lipinski definition) is 0. The van der Waals surface area contributed by atoms with Crippen molar-refractivity contribution < 1.29 is 17.1 Å². The van der Waals surface area contributed by atoms with Gasteiger partial charge in [0, 0.05) is 0 Å². The Labute approximate surface area is 78.9 Å². The molecule has 0 bridgehead atoms. The van der Waals surface area contributed by atoms with E-state index in [-0.39, 0.29) is 17.1 Å². The van der Waals surface area contributed by atoms with Crippen LogP contribution in [-0.2, 0) is 17.1 Å². The van der Waals surface area contributed by atoms with Gasteiger partial charge in [0.05, 0.1) is 0 Å². The Hall–Kier alpha value is 0.359. The van der Waals surface area contributed by atoms with Gasteiger partial charge >= 0.3 is 17.1 Å². The van der Waals surface area contributed by atoms with Gasteiger partial charge in [0.15, 0.2) is 0 Å². The Morgan fingerprint density at radius 1 is 0.727 bits per heavy atom. The molecule has 0 heterocycles. The minimum Gasteiger partial charge on any atom is -0.679 e. The van der Waals surface area contributed by atoms with E-state index < -0.39 is 0 Å². The molecule has 0 aromatic carbocycles. The Morgan fingerprint density at radius 2 is 1.09 bits per heavy atom. The van der Waals surface area contributed by atoms with Crippen molar-refractivity contribution in [1.29, 1.82) is 0 Å². The summed E-state index contributed by atoms with van der Waals surface area (Å²) in [6, 6.07) is 0. The molecule has 0 atom stereocenters. The van der Waals surface area contributed by atoms with Gasteiger partial charge in [0.2, 0.25) is 0 Å². The third-order valence-electron chi connectivity index (χ3n) is 0.956. The van der Waals surface area contributed by atoms with Crippen LogP contribution in [0.3, 0.4) is 0 Å². The second kappa shape index (κ2) is 13.0.